The van der Waals surface area contributed by atoms with E-state index in [9.17, 15) is 4.79 Å². The fraction of sp³-hybridized carbons (Fsp3) is 0.325. The summed E-state index contributed by atoms with van der Waals surface area (Å²) in [5.74, 6) is 0.956. The van der Waals surface area contributed by atoms with Gasteiger partial charge in [-0.1, -0.05) is 80.8 Å². The number of rotatable bonds is 8. The summed E-state index contributed by atoms with van der Waals surface area (Å²) < 4.78 is 5.64. The first-order valence-corrected chi connectivity index (χ1v) is 15.4. The average Bonchev–Trinajstić information content (AvgIpc) is 2.96. The van der Waals surface area contributed by atoms with Crippen LogP contribution in [0.2, 0.25) is 0 Å². The van der Waals surface area contributed by atoms with Crippen LogP contribution in [0, 0.1) is 41.5 Å². The van der Waals surface area contributed by atoms with Gasteiger partial charge >= 0.3 is 0 Å². The minimum Gasteiger partial charge on any atom is -0.494 e. The minimum absolute atomic E-state index is 0.0613. The third kappa shape index (κ3) is 7.29. The summed E-state index contributed by atoms with van der Waals surface area (Å²) in [7, 11) is 0. The highest BCUT2D eigenvalue weighted by Crippen LogP contribution is 2.38. The molecule has 0 amide bonds. The van der Waals surface area contributed by atoms with Crippen molar-refractivity contribution in [2.75, 3.05) is 6.61 Å². The second-order valence-electron chi connectivity index (χ2n) is 11.9. The van der Waals surface area contributed by atoms with Gasteiger partial charge in [-0.2, -0.15) is 0 Å². The number of fused-ring (bicyclic) bond motifs is 6. The Labute approximate surface area is 252 Å². The summed E-state index contributed by atoms with van der Waals surface area (Å²) in [6.45, 7) is 17.8. The van der Waals surface area contributed by atoms with Crippen LogP contribution in [0.5, 0.6) is 5.75 Å². The lowest BCUT2D eigenvalue weighted by Crippen LogP contribution is -1.96. The molecule has 0 saturated carbocycles. The number of hydrogen-bond donors (Lipinski definition) is 0. The van der Waals surface area contributed by atoms with Crippen molar-refractivity contribution in [1.29, 1.82) is 0 Å². The van der Waals surface area contributed by atoms with Crippen LogP contribution >= 0.6 is 0 Å². The Morgan fingerprint density at radius 3 is 1.31 bits per heavy atom. The van der Waals surface area contributed by atoms with E-state index in [1.165, 1.54) is 85.0 Å². The van der Waals surface area contributed by atoms with Crippen molar-refractivity contribution in [3.8, 4) is 5.75 Å². The maximum absolute atomic E-state index is 10.8. The number of carbonyl (C=O) groups excluding carboxylic acids is 1. The normalized spacial score (nSPS) is 11.3. The number of unbranched alkanes of at least 4 members (excludes halogenated alkanes) is 3. The first kappa shape index (κ1) is 31.0. The predicted molar refractivity (Wildman–Crippen MR) is 183 cm³/mol. The van der Waals surface area contributed by atoms with Gasteiger partial charge in [0, 0.05) is 0 Å². The molecule has 0 aliphatic rings. The topological polar surface area (TPSA) is 26.3 Å². The second kappa shape index (κ2) is 13.8. The Kier molecular flexibility index (Phi) is 10.2. The quantitative estimate of drug-likeness (QED) is 0.108. The van der Waals surface area contributed by atoms with Crippen LogP contribution < -0.4 is 4.74 Å². The van der Waals surface area contributed by atoms with Crippen molar-refractivity contribution in [2.24, 2.45) is 0 Å². The maximum atomic E-state index is 10.8. The molecule has 5 aromatic rings. The summed E-state index contributed by atoms with van der Waals surface area (Å²) in [6.07, 6.45) is 8.25. The lowest BCUT2D eigenvalue weighted by Gasteiger charge is -2.16. The third-order valence-corrected chi connectivity index (χ3v) is 8.43. The minimum atomic E-state index is 0.0613. The molecule has 0 aromatic heterocycles. The van der Waals surface area contributed by atoms with Crippen molar-refractivity contribution in [2.45, 2.75) is 81.1 Å². The van der Waals surface area contributed by atoms with E-state index in [-0.39, 0.29) is 5.78 Å². The predicted octanol–water partition coefficient (Wildman–Crippen LogP) is 11.2. The SMILES string of the molecule is CCCCCCOc1ccc(/C=C/C(C)=O)cc1.Cc1cc2c3cc(C)c(C)cc3c3cc(C)c(C)cc3c2cc1C. The van der Waals surface area contributed by atoms with Crippen LogP contribution in [0.4, 0.5) is 0 Å². The van der Waals surface area contributed by atoms with E-state index in [2.05, 4.69) is 84.9 Å². The molecule has 0 atom stereocenters. The van der Waals surface area contributed by atoms with Crippen LogP contribution in [0.1, 0.15) is 78.5 Å². The van der Waals surface area contributed by atoms with Crippen molar-refractivity contribution < 1.29 is 9.53 Å². The van der Waals surface area contributed by atoms with Gasteiger partial charge in [-0.3, -0.25) is 4.79 Å². The lowest BCUT2D eigenvalue weighted by molar-refractivity contribution is -0.112. The summed E-state index contributed by atoms with van der Waals surface area (Å²) in [4.78, 5) is 10.8. The van der Waals surface area contributed by atoms with Crippen LogP contribution in [-0.4, -0.2) is 12.4 Å². The monoisotopic (exact) mass is 558 g/mol. The first-order chi connectivity index (χ1) is 20.1. The molecular formula is C40H46O2. The van der Waals surface area contributed by atoms with Gasteiger partial charge in [-0.25, -0.2) is 0 Å². The molecule has 0 heterocycles. The van der Waals surface area contributed by atoms with Crippen molar-refractivity contribution in [3.05, 3.63) is 106 Å². The third-order valence-electron chi connectivity index (χ3n) is 8.43. The molecule has 0 bridgehead atoms. The van der Waals surface area contributed by atoms with E-state index in [0.717, 1.165) is 24.3 Å². The van der Waals surface area contributed by atoms with Crippen molar-refractivity contribution >= 4 is 44.2 Å². The number of hydrogen-bond acceptors (Lipinski definition) is 2. The van der Waals surface area contributed by atoms with E-state index >= 15 is 0 Å². The summed E-state index contributed by atoms with van der Waals surface area (Å²) >= 11 is 0. The van der Waals surface area contributed by atoms with Crippen molar-refractivity contribution in [3.63, 3.8) is 0 Å². The second-order valence-corrected chi connectivity index (χ2v) is 11.9. The van der Waals surface area contributed by atoms with Gasteiger partial charge in [-0.15, -0.1) is 0 Å². The van der Waals surface area contributed by atoms with Crippen LogP contribution in [0.3, 0.4) is 0 Å². The Morgan fingerprint density at radius 2 is 0.976 bits per heavy atom. The molecule has 218 valence electrons. The van der Waals surface area contributed by atoms with E-state index in [0.29, 0.717) is 0 Å². The van der Waals surface area contributed by atoms with E-state index in [4.69, 9.17) is 4.74 Å². The van der Waals surface area contributed by atoms with Gasteiger partial charge < -0.3 is 4.74 Å². The average molecular weight is 559 g/mol. The largest absolute Gasteiger partial charge is 0.494 e. The van der Waals surface area contributed by atoms with Crippen molar-refractivity contribution in [1.82, 2.24) is 0 Å². The fourth-order valence-electron chi connectivity index (χ4n) is 5.39. The molecule has 0 aliphatic heterocycles. The van der Waals surface area contributed by atoms with E-state index < -0.39 is 0 Å². The molecule has 2 nitrogen and oxygen atoms in total. The molecule has 0 aliphatic carbocycles. The van der Waals surface area contributed by atoms with Gasteiger partial charge in [0.15, 0.2) is 5.78 Å². The smallest absolute Gasteiger partial charge is 0.152 e. The molecule has 0 spiro atoms. The maximum Gasteiger partial charge on any atom is 0.152 e. The number of allylic oxidation sites excluding steroid dienone is 1. The molecule has 0 saturated heterocycles. The van der Waals surface area contributed by atoms with Crippen LogP contribution in [0.25, 0.3) is 38.4 Å². The molecule has 5 aromatic carbocycles. The van der Waals surface area contributed by atoms with Gasteiger partial charge in [0.25, 0.3) is 0 Å². The highest BCUT2D eigenvalue weighted by atomic mass is 16.5. The zero-order valence-corrected chi connectivity index (χ0v) is 26.8. The number of ether oxygens (including phenoxy) is 1. The molecule has 5 rings (SSSR count). The fourth-order valence-corrected chi connectivity index (χ4v) is 5.39. The summed E-state index contributed by atoms with van der Waals surface area (Å²) in [6, 6.07) is 22.0. The van der Waals surface area contributed by atoms with Gasteiger partial charge in [-0.05, 0) is 144 Å². The van der Waals surface area contributed by atoms with Gasteiger partial charge in [0.2, 0.25) is 0 Å². The molecular weight excluding hydrogens is 512 g/mol. The van der Waals surface area contributed by atoms with Gasteiger partial charge in [0.1, 0.15) is 5.75 Å². The lowest BCUT2D eigenvalue weighted by atomic mass is 9.88. The number of aryl methyl sites for hydroxylation is 6. The zero-order chi connectivity index (χ0) is 30.4. The molecule has 0 radical (unpaired) electrons. The highest BCUT2D eigenvalue weighted by molar-refractivity contribution is 6.26. The Morgan fingerprint density at radius 1 is 0.595 bits per heavy atom. The standard InChI is InChI=1S/C24H24.C16H22O2/c1-13-7-19-20(8-14(13)2)22-10-16(4)18(6)12-24(22)23-11-17(5)15(3)9-21(19)23;1-3-4-5-6-13-18-16-11-9-15(10-12-16)8-7-14(2)17/h7-12H,1-6H3;7-12H,3-6,13H2,1-2H3/b;8-7+. The van der Waals surface area contributed by atoms with Crippen LogP contribution in [-0.2, 0) is 4.79 Å². The molecule has 0 unspecified atom stereocenters. The number of benzene rings is 5. The molecule has 0 N–H and O–H groups in total. The molecule has 2 heteroatoms. The number of ketones is 1. The number of carbonyl (C=O) groups is 1. The molecule has 0 fully saturated rings. The Balaban J connectivity index is 0.000000202. The Hall–Kier alpha value is -3.91. The summed E-state index contributed by atoms with van der Waals surface area (Å²) in [5.41, 5.74) is 9.21. The van der Waals surface area contributed by atoms with Gasteiger partial charge in [0.05, 0.1) is 6.61 Å². The zero-order valence-electron chi connectivity index (χ0n) is 26.8. The Bertz CT molecular complexity index is 1490. The molecule has 42 heavy (non-hydrogen) atoms. The van der Waals surface area contributed by atoms with E-state index in [1.54, 1.807) is 13.0 Å². The van der Waals surface area contributed by atoms with Crippen LogP contribution in [0.15, 0.2) is 66.7 Å². The van der Waals surface area contributed by atoms with E-state index in [1.807, 2.05) is 30.3 Å². The summed E-state index contributed by atoms with van der Waals surface area (Å²) in [5, 5.41) is 8.29. The highest BCUT2D eigenvalue weighted by Gasteiger charge is 2.12. The first-order valence-electron chi connectivity index (χ1n) is 15.4.